The van der Waals surface area contributed by atoms with Crippen molar-refractivity contribution in [2.24, 2.45) is 0 Å². The van der Waals surface area contributed by atoms with Gasteiger partial charge in [0.15, 0.2) is 0 Å². The maximum Gasteiger partial charge on any atom is 0.341 e. The van der Waals surface area contributed by atoms with E-state index in [0.717, 1.165) is 16.6 Å². The van der Waals surface area contributed by atoms with E-state index in [4.69, 9.17) is 16.3 Å². The lowest BCUT2D eigenvalue weighted by atomic mass is 10.1. The normalized spacial score (nSPS) is 14.5. The quantitative estimate of drug-likeness (QED) is 0.675. The molecule has 3 nitrogen and oxygen atoms in total. The Morgan fingerprint density at radius 3 is 3.14 bits per heavy atom. The zero-order valence-electron chi connectivity index (χ0n) is 7.13. The predicted molar refractivity (Wildman–Crippen MR) is 52.4 cm³/mol. The number of carbonyl (C=O) groups is 1. The Morgan fingerprint density at radius 2 is 2.29 bits per heavy atom. The third-order valence-corrected chi connectivity index (χ3v) is 2.63. The van der Waals surface area contributed by atoms with Gasteiger partial charge in [0.1, 0.15) is 6.61 Å². The molecule has 1 aliphatic heterocycles. The summed E-state index contributed by atoms with van der Waals surface area (Å²) in [5.41, 5.74) is 2.39. The smallest absolute Gasteiger partial charge is 0.341 e. The van der Waals surface area contributed by atoms with Crippen LogP contribution in [0, 0.1) is 0 Å². The number of hydrogen-bond acceptors (Lipinski definition) is 2. The van der Waals surface area contributed by atoms with Gasteiger partial charge in [-0.25, -0.2) is 4.79 Å². The van der Waals surface area contributed by atoms with Gasteiger partial charge in [-0.1, -0.05) is 11.6 Å². The third kappa shape index (κ3) is 0.902. The van der Waals surface area contributed by atoms with Crippen LogP contribution in [0.4, 0.5) is 0 Å². The second-order valence-electron chi connectivity index (χ2n) is 3.24. The molecule has 0 fully saturated rings. The molecule has 1 N–H and O–H groups in total. The van der Waals surface area contributed by atoms with Gasteiger partial charge in [0.25, 0.3) is 0 Å². The van der Waals surface area contributed by atoms with Gasteiger partial charge in [0, 0.05) is 15.9 Å². The molecule has 0 saturated carbocycles. The van der Waals surface area contributed by atoms with Crippen molar-refractivity contribution < 1.29 is 9.53 Å². The summed E-state index contributed by atoms with van der Waals surface area (Å²) in [7, 11) is 0. The molecule has 0 aliphatic carbocycles. The fourth-order valence-corrected chi connectivity index (χ4v) is 1.94. The van der Waals surface area contributed by atoms with Crippen LogP contribution in [-0.2, 0) is 11.3 Å². The molecule has 4 heteroatoms. The Balaban J connectivity index is 2.43. The zero-order valence-corrected chi connectivity index (χ0v) is 7.89. The first kappa shape index (κ1) is 7.88. The van der Waals surface area contributed by atoms with Crippen molar-refractivity contribution >= 4 is 28.5 Å². The Morgan fingerprint density at radius 1 is 1.43 bits per heavy atom. The fraction of sp³-hybridized carbons (Fsp3) is 0.100. The number of halogens is 1. The summed E-state index contributed by atoms with van der Waals surface area (Å²) in [6.07, 6.45) is 0. The van der Waals surface area contributed by atoms with Crippen molar-refractivity contribution in [2.75, 3.05) is 0 Å². The van der Waals surface area contributed by atoms with E-state index in [0.29, 0.717) is 17.2 Å². The first-order valence-corrected chi connectivity index (χ1v) is 4.61. The van der Waals surface area contributed by atoms with Gasteiger partial charge in [-0.3, -0.25) is 0 Å². The van der Waals surface area contributed by atoms with Crippen molar-refractivity contribution in [3.63, 3.8) is 0 Å². The van der Waals surface area contributed by atoms with E-state index in [1.807, 2.05) is 6.07 Å². The van der Waals surface area contributed by atoms with Gasteiger partial charge in [0.2, 0.25) is 0 Å². The highest BCUT2D eigenvalue weighted by Crippen LogP contribution is 2.30. The lowest BCUT2D eigenvalue weighted by Gasteiger charge is -1.94. The topological polar surface area (TPSA) is 42.1 Å². The number of rotatable bonds is 0. The Hall–Kier alpha value is -1.48. The minimum Gasteiger partial charge on any atom is -0.456 e. The van der Waals surface area contributed by atoms with Crippen LogP contribution in [0.1, 0.15) is 16.1 Å². The summed E-state index contributed by atoms with van der Waals surface area (Å²) in [6.45, 7) is 0.334. The molecular formula is C10H6ClNO2. The van der Waals surface area contributed by atoms with Crippen molar-refractivity contribution in [3.8, 4) is 0 Å². The Kier molecular flexibility index (Phi) is 1.42. The van der Waals surface area contributed by atoms with Crippen molar-refractivity contribution in [1.29, 1.82) is 0 Å². The van der Waals surface area contributed by atoms with E-state index in [9.17, 15) is 4.79 Å². The zero-order chi connectivity index (χ0) is 9.71. The molecule has 1 aromatic heterocycles. The van der Waals surface area contributed by atoms with Gasteiger partial charge < -0.3 is 9.72 Å². The molecule has 2 heterocycles. The van der Waals surface area contributed by atoms with Crippen LogP contribution in [0.5, 0.6) is 0 Å². The Labute approximate surface area is 84.6 Å². The predicted octanol–water partition coefficient (Wildman–Crippen LogP) is 2.49. The van der Waals surface area contributed by atoms with Crippen LogP contribution in [0.3, 0.4) is 0 Å². The maximum absolute atomic E-state index is 11.4. The van der Waals surface area contributed by atoms with Crippen molar-refractivity contribution in [1.82, 2.24) is 4.98 Å². The summed E-state index contributed by atoms with van der Waals surface area (Å²) in [4.78, 5) is 14.5. The van der Waals surface area contributed by atoms with E-state index in [-0.39, 0.29) is 5.97 Å². The molecule has 1 aliphatic rings. The highest BCUT2D eigenvalue weighted by Gasteiger charge is 2.26. The van der Waals surface area contributed by atoms with Crippen LogP contribution in [0.15, 0.2) is 18.2 Å². The fourth-order valence-electron chi connectivity index (χ4n) is 1.77. The van der Waals surface area contributed by atoms with Gasteiger partial charge in [-0.15, -0.1) is 0 Å². The average Bonchev–Trinajstić information content (AvgIpc) is 2.67. The molecular weight excluding hydrogens is 202 g/mol. The number of aromatic amines is 1. The molecule has 0 amide bonds. The molecule has 0 unspecified atom stereocenters. The monoisotopic (exact) mass is 207 g/mol. The highest BCUT2D eigenvalue weighted by molar-refractivity contribution is 6.31. The van der Waals surface area contributed by atoms with Crippen LogP contribution >= 0.6 is 11.6 Å². The lowest BCUT2D eigenvalue weighted by Crippen LogP contribution is -1.93. The number of benzene rings is 1. The summed E-state index contributed by atoms with van der Waals surface area (Å²) in [6, 6.07) is 5.43. The van der Waals surface area contributed by atoms with Gasteiger partial charge >= 0.3 is 5.97 Å². The third-order valence-electron chi connectivity index (χ3n) is 2.39. The molecule has 0 spiro atoms. The van der Waals surface area contributed by atoms with Gasteiger partial charge in [-0.05, 0) is 18.2 Å². The minimum atomic E-state index is -0.270. The van der Waals surface area contributed by atoms with Crippen LogP contribution < -0.4 is 0 Å². The average molecular weight is 208 g/mol. The Bertz CT molecular complexity index is 544. The molecule has 0 atom stereocenters. The number of aromatic nitrogens is 1. The number of nitrogens with one attached hydrogen (secondary N) is 1. The lowest BCUT2D eigenvalue weighted by molar-refractivity contribution is 0.0534. The van der Waals surface area contributed by atoms with E-state index in [1.54, 1.807) is 12.1 Å². The van der Waals surface area contributed by atoms with Crippen LogP contribution in [0.25, 0.3) is 10.9 Å². The van der Waals surface area contributed by atoms with E-state index >= 15 is 0 Å². The maximum atomic E-state index is 11.4. The van der Waals surface area contributed by atoms with Crippen molar-refractivity contribution in [2.45, 2.75) is 6.61 Å². The van der Waals surface area contributed by atoms with Crippen molar-refractivity contribution in [3.05, 3.63) is 34.5 Å². The second-order valence-corrected chi connectivity index (χ2v) is 3.68. The summed E-state index contributed by atoms with van der Waals surface area (Å²) >= 11 is 5.86. The first-order chi connectivity index (χ1) is 6.75. The summed E-state index contributed by atoms with van der Waals surface area (Å²) < 4.78 is 4.90. The summed E-state index contributed by atoms with van der Waals surface area (Å²) in [5.74, 6) is -0.270. The number of fused-ring (bicyclic) bond motifs is 3. The molecule has 70 valence electrons. The van der Waals surface area contributed by atoms with Crippen LogP contribution in [-0.4, -0.2) is 11.0 Å². The molecule has 1 aromatic carbocycles. The standard InChI is InChI=1S/C10H6ClNO2/c11-5-1-2-7-6(3-5)9-8(12-7)4-14-10(9)13/h1-3,12H,4H2. The minimum absolute atomic E-state index is 0.270. The second kappa shape index (κ2) is 2.51. The van der Waals surface area contributed by atoms with E-state index < -0.39 is 0 Å². The SMILES string of the molecule is O=C1OCc2[nH]c3ccc(Cl)cc3c21. The number of cyclic esters (lactones) is 1. The molecule has 14 heavy (non-hydrogen) atoms. The molecule has 0 radical (unpaired) electrons. The number of hydrogen-bond donors (Lipinski definition) is 1. The highest BCUT2D eigenvalue weighted by atomic mass is 35.5. The number of ether oxygens (including phenoxy) is 1. The molecule has 2 aromatic rings. The van der Waals surface area contributed by atoms with Gasteiger partial charge in [0.05, 0.1) is 11.3 Å². The van der Waals surface area contributed by atoms with E-state index in [1.165, 1.54) is 0 Å². The first-order valence-electron chi connectivity index (χ1n) is 4.23. The molecule has 3 rings (SSSR count). The largest absolute Gasteiger partial charge is 0.456 e. The molecule has 0 saturated heterocycles. The molecule has 0 bridgehead atoms. The summed E-state index contributed by atoms with van der Waals surface area (Å²) in [5, 5.41) is 1.47. The number of esters is 1. The number of H-pyrrole nitrogens is 1. The number of carbonyl (C=O) groups excluding carboxylic acids is 1. The van der Waals surface area contributed by atoms with Gasteiger partial charge in [-0.2, -0.15) is 0 Å². The van der Waals surface area contributed by atoms with E-state index in [2.05, 4.69) is 4.98 Å². The van der Waals surface area contributed by atoms with Crippen LogP contribution in [0.2, 0.25) is 5.02 Å².